The van der Waals surface area contributed by atoms with Gasteiger partial charge in [0.1, 0.15) is 5.78 Å². The van der Waals surface area contributed by atoms with Crippen LogP contribution in [0.5, 0.6) is 0 Å². The Hall–Kier alpha value is -0.410. The number of ketones is 1. The highest BCUT2D eigenvalue weighted by molar-refractivity contribution is 5.78. The first-order chi connectivity index (χ1) is 6.16. The summed E-state index contributed by atoms with van der Waals surface area (Å²) in [6.45, 7) is 8.18. The molecule has 78 valence electrons. The maximum absolute atomic E-state index is 10.9. The average molecular weight is 187 g/mol. The van der Waals surface area contributed by atoms with E-state index < -0.39 is 0 Å². The van der Waals surface area contributed by atoms with Crippen molar-refractivity contribution in [1.82, 2.24) is 5.32 Å². The monoisotopic (exact) mass is 187 g/mol. The van der Waals surface area contributed by atoms with Crippen molar-refractivity contribution >= 4 is 5.78 Å². The van der Waals surface area contributed by atoms with E-state index in [0.29, 0.717) is 32.1 Å². The Bertz CT molecular complexity index is 135. The van der Waals surface area contributed by atoms with Gasteiger partial charge in [-0.15, -0.1) is 0 Å². The summed E-state index contributed by atoms with van der Waals surface area (Å²) in [6.07, 6.45) is 1.17. The van der Waals surface area contributed by atoms with Gasteiger partial charge in [-0.3, -0.25) is 4.79 Å². The van der Waals surface area contributed by atoms with E-state index in [2.05, 4.69) is 19.2 Å². The first-order valence-electron chi connectivity index (χ1n) is 4.99. The van der Waals surface area contributed by atoms with Crippen molar-refractivity contribution in [3.8, 4) is 0 Å². The Morgan fingerprint density at radius 2 is 2.08 bits per heavy atom. The lowest BCUT2D eigenvalue weighted by Gasteiger charge is -2.07. The van der Waals surface area contributed by atoms with E-state index in [1.807, 2.05) is 6.92 Å². The third-order valence-corrected chi connectivity index (χ3v) is 1.72. The molecule has 0 rings (SSSR count). The minimum Gasteiger partial charge on any atom is -0.380 e. The summed E-state index contributed by atoms with van der Waals surface area (Å²) >= 11 is 0. The molecular formula is C10H21NO2. The van der Waals surface area contributed by atoms with Crippen LogP contribution in [-0.2, 0) is 9.53 Å². The third kappa shape index (κ3) is 9.50. The fourth-order valence-corrected chi connectivity index (χ4v) is 0.885. The van der Waals surface area contributed by atoms with E-state index >= 15 is 0 Å². The zero-order chi connectivity index (χ0) is 10.1. The van der Waals surface area contributed by atoms with Crippen LogP contribution in [0.1, 0.15) is 33.6 Å². The summed E-state index contributed by atoms with van der Waals surface area (Å²) in [5, 5.41) is 3.24. The Labute approximate surface area is 80.8 Å². The van der Waals surface area contributed by atoms with Gasteiger partial charge in [0.25, 0.3) is 0 Å². The van der Waals surface area contributed by atoms with Gasteiger partial charge < -0.3 is 10.1 Å². The second-order valence-corrected chi connectivity index (χ2v) is 3.36. The smallest absolute Gasteiger partial charge is 0.134 e. The molecule has 1 N–H and O–H groups in total. The van der Waals surface area contributed by atoms with Gasteiger partial charge in [0.2, 0.25) is 0 Å². The molecule has 0 bridgehead atoms. The normalized spacial score (nSPS) is 10.8. The molecule has 0 aromatic rings. The maximum atomic E-state index is 10.9. The molecule has 0 aliphatic heterocycles. The highest BCUT2D eigenvalue weighted by atomic mass is 16.5. The molecule has 0 saturated heterocycles. The predicted octanol–water partition coefficient (Wildman–Crippen LogP) is 1.37. The van der Waals surface area contributed by atoms with Crippen LogP contribution in [0.3, 0.4) is 0 Å². The molecule has 13 heavy (non-hydrogen) atoms. The highest BCUT2D eigenvalue weighted by Gasteiger charge is 1.97. The van der Waals surface area contributed by atoms with E-state index in [1.165, 1.54) is 0 Å². The zero-order valence-corrected chi connectivity index (χ0v) is 8.93. The van der Waals surface area contributed by atoms with Gasteiger partial charge in [-0.2, -0.15) is 0 Å². The van der Waals surface area contributed by atoms with Gasteiger partial charge in [-0.05, 0) is 0 Å². The topological polar surface area (TPSA) is 38.3 Å². The first kappa shape index (κ1) is 12.6. The Kier molecular flexibility index (Phi) is 7.94. The molecule has 0 aromatic heterocycles. The molecule has 0 aliphatic rings. The average Bonchev–Trinajstić information content (AvgIpc) is 2.10. The van der Waals surface area contributed by atoms with Gasteiger partial charge in [-0.1, -0.05) is 20.8 Å². The van der Waals surface area contributed by atoms with Crippen LogP contribution in [0.2, 0.25) is 0 Å². The van der Waals surface area contributed by atoms with Crippen LogP contribution in [0.4, 0.5) is 0 Å². The number of hydrogen-bond donors (Lipinski definition) is 1. The van der Waals surface area contributed by atoms with Gasteiger partial charge in [0.15, 0.2) is 0 Å². The predicted molar refractivity (Wildman–Crippen MR) is 53.9 cm³/mol. The quantitative estimate of drug-likeness (QED) is 0.583. The van der Waals surface area contributed by atoms with Crippen molar-refractivity contribution in [2.45, 2.75) is 39.7 Å². The van der Waals surface area contributed by atoms with Gasteiger partial charge in [0, 0.05) is 25.4 Å². The third-order valence-electron chi connectivity index (χ3n) is 1.72. The molecular weight excluding hydrogens is 166 g/mol. The lowest BCUT2D eigenvalue weighted by molar-refractivity contribution is -0.119. The standard InChI is InChI=1S/C10H21NO2/c1-4-10(12)5-7-13-8-6-11-9(2)3/h9,11H,4-8H2,1-3H3. The van der Waals surface area contributed by atoms with E-state index in [0.717, 1.165) is 6.54 Å². The number of ether oxygens (including phenoxy) is 1. The number of hydrogen-bond acceptors (Lipinski definition) is 3. The molecule has 0 radical (unpaired) electrons. The molecule has 0 saturated carbocycles. The van der Waals surface area contributed by atoms with Gasteiger partial charge >= 0.3 is 0 Å². The Morgan fingerprint density at radius 3 is 2.62 bits per heavy atom. The lowest BCUT2D eigenvalue weighted by Crippen LogP contribution is -2.26. The minimum absolute atomic E-state index is 0.275. The summed E-state index contributed by atoms with van der Waals surface area (Å²) in [7, 11) is 0. The largest absolute Gasteiger partial charge is 0.380 e. The molecule has 3 heteroatoms. The van der Waals surface area contributed by atoms with E-state index in [9.17, 15) is 4.79 Å². The summed E-state index contributed by atoms with van der Waals surface area (Å²) < 4.78 is 5.27. The molecule has 0 heterocycles. The summed E-state index contributed by atoms with van der Waals surface area (Å²) in [4.78, 5) is 10.9. The fraction of sp³-hybridized carbons (Fsp3) is 0.900. The fourth-order valence-electron chi connectivity index (χ4n) is 0.885. The first-order valence-corrected chi connectivity index (χ1v) is 4.99. The van der Waals surface area contributed by atoms with Crippen molar-refractivity contribution in [3.05, 3.63) is 0 Å². The van der Waals surface area contributed by atoms with E-state index in [4.69, 9.17) is 4.74 Å². The van der Waals surface area contributed by atoms with Gasteiger partial charge in [0.05, 0.1) is 13.2 Å². The van der Waals surface area contributed by atoms with Crippen molar-refractivity contribution in [2.75, 3.05) is 19.8 Å². The summed E-state index contributed by atoms with van der Waals surface area (Å²) in [5.74, 6) is 0.275. The van der Waals surface area contributed by atoms with E-state index in [1.54, 1.807) is 0 Å². The second-order valence-electron chi connectivity index (χ2n) is 3.36. The minimum atomic E-state index is 0.275. The van der Waals surface area contributed by atoms with Crippen LogP contribution >= 0.6 is 0 Å². The van der Waals surface area contributed by atoms with Crippen molar-refractivity contribution < 1.29 is 9.53 Å². The van der Waals surface area contributed by atoms with Crippen molar-refractivity contribution in [2.24, 2.45) is 0 Å². The second kappa shape index (κ2) is 8.20. The molecule has 0 spiro atoms. The summed E-state index contributed by atoms with van der Waals surface area (Å²) in [5.41, 5.74) is 0. The van der Waals surface area contributed by atoms with Crippen LogP contribution in [0.15, 0.2) is 0 Å². The van der Waals surface area contributed by atoms with Crippen molar-refractivity contribution in [3.63, 3.8) is 0 Å². The van der Waals surface area contributed by atoms with Crippen molar-refractivity contribution in [1.29, 1.82) is 0 Å². The SMILES string of the molecule is CCC(=O)CCOCCNC(C)C. The molecule has 0 amide bonds. The van der Waals surface area contributed by atoms with E-state index in [-0.39, 0.29) is 5.78 Å². The molecule has 3 nitrogen and oxygen atoms in total. The number of rotatable bonds is 8. The maximum Gasteiger partial charge on any atom is 0.134 e. The summed E-state index contributed by atoms with van der Waals surface area (Å²) in [6, 6.07) is 0.501. The highest BCUT2D eigenvalue weighted by Crippen LogP contribution is 1.89. The number of nitrogens with one attached hydrogen (secondary N) is 1. The van der Waals surface area contributed by atoms with Crippen LogP contribution in [-0.4, -0.2) is 31.6 Å². The Morgan fingerprint density at radius 1 is 1.38 bits per heavy atom. The van der Waals surface area contributed by atoms with Crippen LogP contribution < -0.4 is 5.32 Å². The molecule has 0 aliphatic carbocycles. The molecule has 0 unspecified atom stereocenters. The van der Waals surface area contributed by atoms with Crippen LogP contribution in [0, 0.1) is 0 Å². The number of Topliss-reactive ketones (excluding diaryl/α,β-unsaturated/α-hetero) is 1. The molecule has 0 aromatic carbocycles. The molecule has 0 atom stereocenters. The Balaban J connectivity index is 3.04. The number of carbonyl (C=O) groups excluding carboxylic acids is 1. The number of carbonyl (C=O) groups is 1. The van der Waals surface area contributed by atoms with Crippen LogP contribution in [0.25, 0.3) is 0 Å². The van der Waals surface area contributed by atoms with Gasteiger partial charge in [-0.25, -0.2) is 0 Å². The molecule has 0 fully saturated rings. The zero-order valence-electron chi connectivity index (χ0n) is 8.93. The lowest BCUT2D eigenvalue weighted by atomic mass is 10.2.